The lowest BCUT2D eigenvalue weighted by Gasteiger charge is -2.07. The summed E-state index contributed by atoms with van der Waals surface area (Å²) in [7, 11) is 0. The first-order chi connectivity index (χ1) is 6.91. The molecule has 1 amide bonds. The number of thiazole rings is 1. The summed E-state index contributed by atoms with van der Waals surface area (Å²) in [6.45, 7) is 4.99. The van der Waals surface area contributed by atoms with Crippen LogP contribution in [0.3, 0.4) is 0 Å². The lowest BCUT2D eigenvalue weighted by molar-refractivity contribution is -0.138. The zero-order valence-electron chi connectivity index (χ0n) is 8.70. The maximum absolute atomic E-state index is 11.6. The molecule has 0 saturated heterocycles. The SMILES string of the molecule is Cc1nc(C(=O)N[C@@H](C)C(=O)O)c(C)s1. The van der Waals surface area contributed by atoms with E-state index in [4.69, 9.17) is 5.11 Å². The van der Waals surface area contributed by atoms with E-state index in [2.05, 4.69) is 10.3 Å². The number of carboxylic acid groups (broad SMARTS) is 1. The molecule has 0 saturated carbocycles. The largest absolute Gasteiger partial charge is 0.480 e. The third kappa shape index (κ3) is 2.76. The Morgan fingerprint density at radius 2 is 2.07 bits per heavy atom. The Bertz CT molecular complexity index is 400. The number of nitrogens with one attached hydrogen (secondary N) is 1. The normalized spacial score (nSPS) is 12.2. The zero-order valence-corrected chi connectivity index (χ0v) is 9.51. The predicted molar refractivity (Wildman–Crippen MR) is 56.2 cm³/mol. The van der Waals surface area contributed by atoms with E-state index < -0.39 is 17.9 Å². The number of carbonyl (C=O) groups excluding carboxylic acids is 1. The quantitative estimate of drug-likeness (QED) is 0.807. The van der Waals surface area contributed by atoms with Gasteiger partial charge in [0.2, 0.25) is 0 Å². The molecular formula is C9H12N2O3S. The summed E-state index contributed by atoms with van der Waals surface area (Å²) in [6, 6.07) is -0.904. The topological polar surface area (TPSA) is 79.3 Å². The number of amides is 1. The molecule has 0 unspecified atom stereocenters. The highest BCUT2D eigenvalue weighted by molar-refractivity contribution is 7.11. The highest BCUT2D eigenvalue weighted by atomic mass is 32.1. The van der Waals surface area contributed by atoms with E-state index in [0.29, 0.717) is 5.69 Å². The van der Waals surface area contributed by atoms with Crippen molar-refractivity contribution in [1.29, 1.82) is 0 Å². The standard InChI is InChI=1S/C9H12N2O3S/c1-4(9(13)14)10-8(12)7-5(2)15-6(3)11-7/h4H,1-3H3,(H,10,12)(H,13,14)/t4-/m0/s1. The number of aryl methyl sites for hydroxylation is 2. The first-order valence-electron chi connectivity index (χ1n) is 4.39. The third-order valence-corrected chi connectivity index (χ3v) is 2.72. The number of aliphatic carboxylic acids is 1. The highest BCUT2D eigenvalue weighted by Crippen LogP contribution is 2.16. The summed E-state index contributed by atoms with van der Waals surface area (Å²) in [5, 5.41) is 11.8. The van der Waals surface area contributed by atoms with E-state index in [1.807, 2.05) is 0 Å². The van der Waals surface area contributed by atoms with Crippen LogP contribution in [0.15, 0.2) is 0 Å². The van der Waals surface area contributed by atoms with Crippen molar-refractivity contribution < 1.29 is 14.7 Å². The molecular weight excluding hydrogens is 216 g/mol. The van der Waals surface area contributed by atoms with Crippen LogP contribution in [0, 0.1) is 13.8 Å². The second-order valence-electron chi connectivity index (χ2n) is 3.17. The predicted octanol–water partition coefficient (Wildman–Crippen LogP) is 0.963. The van der Waals surface area contributed by atoms with Gasteiger partial charge in [-0.15, -0.1) is 11.3 Å². The number of rotatable bonds is 3. The minimum atomic E-state index is -1.06. The number of carbonyl (C=O) groups is 2. The fourth-order valence-corrected chi connectivity index (χ4v) is 1.88. The summed E-state index contributed by atoms with van der Waals surface area (Å²) < 4.78 is 0. The molecule has 1 aromatic rings. The lowest BCUT2D eigenvalue weighted by atomic mass is 10.3. The number of nitrogens with zero attached hydrogens (tertiary/aromatic N) is 1. The van der Waals surface area contributed by atoms with Gasteiger partial charge in [0.05, 0.1) is 5.01 Å². The van der Waals surface area contributed by atoms with Crippen molar-refractivity contribution in [2.45, 2.75) is 26.8 Å². The molecule has 0 fully saturated rings. The van der Waals surface area contributed by atoms with Crippen LogP contribution in [0.25, 0.3) is 0 Å². The molecule has 82 valence electrons. The maximum Gasteiger partial charge on any atom is 0.325 e. The first-order valence-corrected chi connectivity index (χ1v) is 5.21. The average molecular weight is 228 g/mol. The molecule has 2 N–H and O–H groups in total. The van der Waals surface area contributed by atoms with Gasteiger partial charge in [-0.05, 0) is 20.8 Å². The second kappa shape index (κ2) is 4.39. The fraction of sp³-hybridized carbons (Fsp3) is 0.444. The minimum Gasteiger partial charge on any atom is -0.480 e. The van der Waals surface area contributed by atoms with Crippen molar-refractivity contribution in [3.05, 3.63) is 15.6 Å². The second-order valence-corrected chi connectivity index (χ2v) is 4.58. The van der Waals surface area contributed by atoms with E-state index in [-0.39, 0.29) is 0 Å². The molecule has 1 rings (SSSR count). The fourth-order valence-electron chi connectivity index (χ4n) is 1.07. The summed E-state index contributed by atoms with van der Waals surface area (Å²) in [5.74, 6) is -1.50. The van der Waals surface area contributed by atoms with E-state index in [1.54, 1.807) is 13.8 Å². The van der Waals surface area contributed by atoms with Crippen LogP contribution >= 0.6 is 11.3 Å². The smallest absolute Gasteiger partial charge is 0.325 e. The van der Waals surface area contributed by atoms with Crippen molar-refractivity contribution in [2.24, 2.45) is 0 Å². The number of carboxylic acids is 1. The van der Waals surface area contributed by atoms with Gasteiger partial charge in [0.15, 0.2) is 0 Å². The molecule has 1 aromatic heterocycles. The Morgan fingerprint density at radius 1 is 1.47 bits per heavy atom. The number of hydrogen-bond acceptors (Lipinski definition) is 4. The molecule has 0 aliphatic heterocycles. The van der Waals surface area contributed by atoms with Crippen molar-refractivity contribution in [2.75, 3.05) is 0 Å². The average Bonchev–Trinajstić information content (AvgIpc) is 2.44. The monoisotopic (exact) mass is 228 g/mol. The van der Waals surface area contributed by atoms with Crippen LogP contribution in [0.1, 0.15) is 27.3 Å². The number of hydrogen-bond donors (Lipinski definition) is 2. The molecule has 1 atom stereocenters. The molecule has 15 heavy (non-hydrogen) atoms. The van der Waals surface area contributed by atoms with Crippen LogP contribution < -0.4 is 5.32 Å². The number of aromatic nitrogens is 1. The van der Waals surface area contributed by atoms with Gasteiger partial charge in [-0.25, -0.2) is 4.98 Å². The molecule has 0 radical (unpaired) electrons. The summed E-state index contributed by atoms with van der Waals surface area (Å²) >= 11 is 1.41. The van der Waals surface area contributed by atoms with Crippen LogP contribution in [0.4, 0.5) is 0 Å². The molecule has 1 heterocycles. The first kappa shape index (κ1) is 11.6. The van der Waals surface area contributed by atoms with Gasteiger partial charge in [0, 0.05) is 4.88 Å². The van der Waals surface area contributed by atoms with Crippen LogP contribution in [-0.4, -0.2) is 28.0 Å². The summed E-state index contributed by atoms with van der Waals surface area (Å²) in [4.78, 5) is 26.9. The van der Waals surface area contributed by atoms with Gasteiger partial charge in [-0.2, -0.15) is 0 Å². The van der Waals surface area contributed by atoms with Gasteiger partial charge >= 0.3 is 5.97 Å². The van der Waals surface area contributed by atoms with E-state index in [0.717, 1.165) is 9.88 Å². The van der Waals surface area contributed by atoms with E-state index in [1.165, 1.54) is 18.3 Å². The van der Waals surface area contributed by atoms with Crippen molar-refractivity contribution in [3.63, 3.8) is 0 Å². The van der Waals surface area contributed by atoms with Crippen molar-refractivity contribution in [3.8, 4) is 0 Å². The van der Waals surface area contributed by atoms with Crippen molar-refractivity contribution >= 4 is 23.2 Å². The molecule has 0 bridgehead atoms. The van der Waals surface area contributed by atoms with Crippen LogP contribution in [0.5, 0.6) is 0 Å². The van der Waals surface area contributed by atoms with Gasteiger partial charge in [0.1, 0.15) is 11.7 Å². The Hall–Kier alpha value is -1.43. The maximum atomic E-state index is 11.6. The Labute approximate surface area is 91.1 Å². The molecule has 0 aromatic carbocycles. The summed E-state index contributed by atoms with van der Waals surface area (Å²) in [5.41, 5.74) is 0.311. The molecule has 0 aliphatic carbocycles. The van der Waals surface area contributed by atoms with Gasteiger partial charge < -0.3 is 10.4 Å². The van der Waals surface area contributed by atoms with Gasteiger partial charge in [0.25, 0.3) is 5.91 Å². The highest BCUT2D eigenvalue weighted by Gasteiger charge is 2.19. The summed E-state index contributed by atoms with van der Waals surface area (Å²) in [6.07, 6.45) is 0. The molecule has 0 aliphatic rings. The van der Waals surface area contributed by atoms with Gasteiger partial charge in [-0.3, -0.25) is 9.59 Å². The zero-order chi connectivity index (χ0) is 11.6. The molecule has 5 nitrogen and oxygen atoms in total. The minimum absolute atomic E-state index is 0.311. The lowest BCUT2D eigenvalue weighted by Crippen LogP contribution is -2.38. The Kier molecular flexibility index (Phi) is 3.41. The van der Waals surface area contributed by atoms with Crippen LogP contribution in [-0.2, 0) is 4.79 Å². The van der Waals surface area contributed by atoms with Gasteiger partial charge in [-0.1, -0.05) is 0 Å². The third-order valence-electron chi connectivity index (χ3n) is 1.84. The Morgan fingerprint density at radius 3 is 2.47 bits per heavy atom. The van der Waals surface area contributed by atoms with E-state index >= 15 is 0 Å². The van der Waals surface area contributed by atoms with Crippen LogP contribution in [0.2, 0.25) is 0 Å². The molecule has 0 spiro atoms. The van der Waals surface area contributed by atoms with E-state index in [9.17, 15) is 9.59 Å². The van der Waals surface area contributed by atoms with Crippen molar-refractivity contribution in [1.82, 2.24) is 10.3 Å². The Balaban J connectivity index is 2.77. The molecule has 6 heteroatoms.